The molecule has 3 rings (SSSR count). The van der Waals surface area contributed by atoms with Crippen LogP contribution in [0.5, 0.6) is 0 Å². The van der Waals surface area contributed by atoms with Crippen LogP contribution in [0.4, 0.5) is 0 Å². The highest BCUT2D eigenvalue weighted by atomic mass is 16.5. The van der Waals surface area contributed by atoms with E-state index in [2.05, 4.69) is 20.8 Å². The minimum atomic E-state index is -0.383. The molecule has 2 aromatic rings. The molecule has 7 nitrogen and oxygen atoms in total. The Labute approximate surface area is 140 Å². The van der Waals surface area contributed by atoms with Crippen molar-refractivity contribution in [2.75, 3.05) is 26.2 Å². The largest absolute Gasteiger partial charge is 0.366 e. The number of aryl methyl sites for hydroxylation is 1. The predicted octanol–water partition coefficient (Wildman–Crippen LogP) is 0.946. The van der Waals surface area contributed by atoms with Crippen LogP contribution in [0.1, 0.15) is 18.3 Å². The number of carbonyl (C=O) groups excluding carboxylic acids is 1. The minimum absolute atomic E-state index is 0.0585. The van der Waals surface area contributed by atoms with Gasteiger partial charge in [-0.25, -0.2) is 0 Å². The van der Waals surface area contributed by atoms with Gasteiger partial charge in [-0.1, -0.05) is 24.2 Å². The molecule has 0 saturated carbocycles. The van der Waals surface area contributed by atoms with E-state index in [9.17, 15) is 4.79 Å². The number of nitrogens with zero attached hydrogens (tertiary/aromatic N) is 2. The smallest absolute Gasteiger partial charge is 0.257 e. The molecule has 1 aliphatic rings. The van der Waals surface area contributed by atoms with Crippen LogP contribution < -0.4 is 10.6 Å². The average molecular weight is 330 g/mol. The summed E-state index contributed by atoms with van der Waals surface area (Å²) in [5.41, 5.74) is 2.04. The molecule has 0 aliphatic carbocycles. The van der Waals surface area contributed by atoms with E-state index in [4.69, 9.17) is 9.26 Å². The van der Waals surface area contributed by atoms with Gasteiger partial charge in [-0.2, -0.15) is 4.98 Å². The van der Waals surface area contributed by atoms with Gasteiger partial charge in [0.25, 0.3) is 5.89 Å². The second kappa shape index (κ2) is 8.03. The summed E-state index contributed by atoms with van der Waals surface area (Å²) < 4.78 is 10.6. The highest BCUT2D eigenvalue weighted by Crippen LogP contribution is 2.18. The van der Waals surface area contributed by atoms with Crippen molar-refractivity contribution in [3.8, 4) is 11.5 Å². The van der Waals surface area contributed by atoms with Gasteiger partial charge in [0.1, 0.15) is 6.10 Å². The number of hydrogen-bond donors (Lipinski definition) is 2. The summed E-state index contributed by atoms with van der Waals surface area (Å²) in [4.78, 5) is 16.3. The van der Waals surface area contributed by atoms with Gasteiger partial charge in [0.15, 0.2) is 5.82 Å². The molecule has 1 fully saturated rings. The minimum Gasteiger partial charge on any atom is -0.366 e. The van der Waals surface area contributed by atoms with Gasteiger partial charge in [0, 0.05) is 31.6 Å². The monoisotopic (exact) mass is 330 g/mol. The van der Waals surface area contributed by atoms with Crippen molar-refractivity contribution < 1.29 is 14.1 Å². The topological polar surface area (TPSA) is 89.3 Å². The quantitative estimate of drug-likeness (QED) is 0.820. The zero-order chi connectivity index (χ0) is 16.8. The third-order valence-corrected chi connectivity index (χ3v) is 3.92. The van der Waals surface area contributed by atoms with Crippen molar-refractivity contribution in [3.05, 3.63) is 35.7 Å². The first kappa shape index (κ1) is 16.6. The Hall–Kier alpha value is -2.25. The van der Waals surface area contributed by atoms with E-state index < -0.39 is 0 Å². The highest BCUT2D eigenvalue weighted by molar-refractivity contribution is 5.81. The highest BCUT2D eigenvalue weighted by Gasteiger charge is 2.20. The van der Waals surface area contributed by atoms with E-state index in [0.717, 1.165) is 30.5 Å². The maximum atomic E-state index is 12.0. The number of benzene rings is 1. The van der Waals surface area contributed by atoms with Gasteiger partial charge < -0.3 is 19.9 Å². The van der Waals surface area contributed by atoms with E-state index >= 15 is 0 Å². The number of ether oxygens (including phenoxy) is 1. The molecule has 0 spiro atoms. The van der Waals surface area contributed by atoms with E-state index in [1.807, 2.05) is 31.2 Å². The Morgan fingerprint density at radius 1 is 1.38 bits per heavy atom. The Bertz CT molecular complexity index is 663. The molecular weight excluding hydrogens is 308 g/mol. The molecule has 24 heavy (non-hydrogen) atoms. The van der Waals surface area contributed by atoms with Crippen LogP contribution in [-0.4, -0.2) is 48.4 Å². The second-order valence-electron chi connectivity index (χ2n) is 5.67. The van der Waals surface area contributed by atoms with Crippen molar-refractivity contribution in [2.45, 2.75) is 25.9 Å². The molecule has 128 valence electrons. The molecule has 2 heterocycles. The summed E-state index contributed by atoms with van der Waals surface area (Å²) in [5, 5.41) is 9.96. The van der Waals surface area contributed by atoms with Gasteiger partial charge in [-0.15, -0.1) is 0 Å². The van der Waals surface area contributed by atoms with Crippen LogP contribution in [0.3, 0.4) is 0 Å². The summed E-state index contributed by atoms with van der Waals surface area (Å²) in [5.74, 6) is 1.18. The first-order valence-electron chi connectivity index (χ1n) is 8.28. The summed E-state index contributed by atoms with van der Waals surface area (Å²) in [6, 6.07) is 7.93. The lowest BCUT2D eigenvalue weighted by atomic mass is 10.1. The molecular formula is C17H22N4O3. The van der Waals surface area contributed by atoms with Crippen molar-refractivity contribution in [3.63, 3.8) is 0 Å². The second-order valence-corrected chi connectivity index (χ2v) is 5.67. The van der Waals surface area contributed by atoms with Gasteiger partial charge in [-0.05, 0) is 24.1 Å². The van der Waals surface area contributed by atoms with Crippen molar-refractivity contribution in [1.82, 2.24) is 20.8 Å². The SMILES string of the molecule is CCc1noc(-c2ccc(CCNC(=O)C3CNCCO3)cc2)n1. The average Bonchev–Trinajstić information content (AvgIpc) is 3.12. The predicted molar refractivity (Wildman–Crippen MR) is 88.4 cm³/mol. The molecule has 0 radical (unpaired) electrons. The van der Waals surface area contributed by atoms with Crippen LogP contribution in [0.25, 0.3) is 11.5 Å². The molecule has 1 atom stereocenters. The first-order valence-corrected chi connectivity index (χ1v) is 8.28. The molecule has 1 unspecified atom stereocenters. The summed E-state index contributed by atoms with van der Waals surface area (Å²) in [6.07, 6.45) is 1.13. The number of amides is 1. The molecule has 7 heteroatoms. The number of nitrogens with one attached hydrogen (secondary N) is 2. The van der Waals surface area contributed by atoms with Crippen molar-refractivity contribution >= 4 is 5.91 Å². The Morgan fingerprint density at radius 3 is 2.88 bits per heavy atom. The van der Waals surface area contributed by atoms with E-state index in [1.54, 1.807) is 0 Å². The summed E-state index contributed by atoms with van der Waals surface area (Å²) in [6.45, 7) is 4.52. The van der Waals surface area contributed by atoms with Gasteiger partial charge in [0.2, 0.25) is 5.91 Å². The van der Waals surface area contributed by atoms with Gasteiger partial charge in [0.05, 0.1) is 6.61 Å². The fourth-order valence-corrected chi connectivity index (χ4v) is 2.51. The maximum Gasteiger partial charge on any atom is 0.257 e. The third-order valence-electron chi connectivity index (χ3n) is 3.92. The molecule has 2 N–H and O–H groups in total. The van der Waals surface area contributed by atoms with Gasteiger partial charge in [-0.3, -0.25) is 4.79 Å². The van der Waals surface area contributed by atoms with Crippen LogP contribution in [0.2, 0.25) is 0 Å². The number of hydrogen-bond acceptors (Lipinski definition) is 6. The standard InChI is InChI=1S/C17H22N4O3/c1-2-15-20-17(24-21-15)13-5-3-12(4-6-13)7-8-19-16(22)14-11-18-9-10-23-14/h3-6,14,18H,2,7-11H2,1H3,(H,19,22). The number of carbonyl (C=O) groups is 1. The molecule has 1 aromatic carbocycles. The van der Waals surface area contributed by atoms with E-state index in [1.165, 1.54) is 0 Å². The third kappa shape index (κ3) is 4.18. The Morgan fingerprint density at radius 2 is 2.21 bits per heavy atom. The number of aromatic nitrogens is 2. The fraction of sp³-hybridized carbons (Fsp3) is 0.471. The lowest BCUT2D eigenvalue weighted by Gasteiger charge is -2.22. The van der Waals surface area contributed by atoms with Crippen LogP contribution >= 0.6 is 0 Å². The lowest BCUT2D eigenvalue weighted by Crippen LogP contribution is -2.48. The molecule has 1 aromatic heterocycles. The number of morpholine rings is 1. The first-order chi connectivity index (χ1) is 11.8. The molecule has 1 aliphatic heterocycles. The zero-order valence-electron chi connectivity index (χ0n) is 13.7. The Kier molecular flexibility index (Phi) is 5.55. The van der Waals surface area contributed by atoms with E-state index in [0.29, 0.717) is 31.4 Å². The van der Waals surface area contributed by atoms with Crippen molar-refractivity contribution in [2.24, 2.45) is 0 Å². The normalized spacial score (nSPS) is 17.6. The van der Waals surface area contributed by atoms with Crippen LogP contribution in [-0.2, 0) is 22.4 Å². The molecule has 1 saturated heterocycles. The van der Waals surface area contributed by atoms with Crippen LogP contribution in [0.15, 0.2) is 28.8 Å². The Balaban J connectivity index is 1.48. The maximum absolute atomic E-state index is 12.0. The summed E-state index contributed by atoms with van der Waals surface area (Å²) >= 11 is 0. The summed E-state index contributed by atoms with van der Waals surface area (Å²) in [7, 11) is 0. The molecule has 1 amide bonds. The number of rotatable bonds is 6. The lowest BCUT2D eigenvalue weighted by molar-refractivity contribution is -0.134. The van der Waals surface area contributed by atoms with Crippen molar-refractivity contribution in [1.29, 1.82) is 0 Å². The zero-order valence-corrected chi connectivity index (χ0v) is 13.7. The van der Waals surface area contributed by atoms with Gasteiger partial charge >= 0.3 is 0 Å². The molecule has 0 bridgehead atoms. The fourth-order valence-electron chi connectivity index (χ4n) is 2.51. The van der Waals surface area contributed by atoms with E-state index in [-0.39, 0.29) is 12.0 Å². The van der Waals surface area contributed by atoms with Crippen LogP contribution in [0, 0.1) is 0 Å².